The fourth-order valence-corrected chi connectivity index (χ4v) is 3.20. The van der Waals surface area contributed by atoms with E-state index in [-0.39, 0.29) is 12.0 Å². The smallest absolute Gasteiger partial charge is 0.246 e. The van der Waals surface area contributed by atoms with Gasteiger partial charge in [-0.05, 0) is 38.7 Å². The maximum atomic E-state index is 12.5. The minimum Gasteiger partial charge on any atom is -0.376 e. The van der Waals surface area contributed by atoms with Gasteiger partial charge in [-0.3, -0.25) is 9.48 Å². The second kappa shape index (κ2) is 8.67. The molecule has 2 heterocycles. The standard InChI is InChI=1S/C18H28ClN3O2/c1-5-21(12-15-7-6-10-24-15)17(23)9-8-16-14(4)20-22(18(16)19)11-13(2)3/h8-9,13,15H,5-7,10-12H2,1-4H3/b9-8+. The maximum absolute atomic E-state index is 12.5. The van der Waals surface area contributed by atoms with Crippen molar-refractivity contribution >= 4 is 23.6 Å². The first-order valence-electron chi connectivity index (χ1n) is 8.73. The molecule has 0 N–H and O–H groups in total. The van der Waals surface area contributed by atoms with E-state index in [1.165, 1.54) is 0 Å². The van der Waals surface area contributed by atoms with Gasteiger partial charge in [0.1, 0.15) is 5.15 Å². The van der Waals surface area contributed by atoms with Crippen molar-refractivity contribution in [1.82, 2.24) is 14.7 Å². The van der Waals surface area contributed by atoms with Crippen LogP contribution < -0.4 is 0 Å². The summed E-state index contributed by atoms with van der Waals surface area (Å²) in [6.45, 7) is 11.0. The lowest BCUT2D eigenvalue weighted by Gasteiger charge is -2.22. The van der Waals surface area contributed by atoms with Crippen LogP contribution in [0, 0.1) is 12.8 Å². The first-order valence-corrected chi connectivity index (χ1v) is 9.11. The van der Waals surface area contributed by atoms with Gasteiger partial charge in [-0.1, -0.05) is 25.4 Å². The number of aryl methyl sites for hydroxylation is 1. The largest absolute Gasteiger partial charge is 0.376 e. The second-order valence-electron chi connectivity index (χ2n) is 6.71. The van der Waals surface area contributed by atoms with E-state index in [2.05, 4.69) is 18.9 Å². The third-order valence-electron chi connectivity index (χ3n) is 4.18. The normalized spacial score (nSPS) is 18.0. The van der Waals surface area contributed by atoms with Crippen LogP contribution in [-0.4, -0.2) is 46.4 Å². The lowest BCUT2D eigenvalue weighted by Crippen LogP contribution is -2.36. The molecular weight excluding hydrogens is 326 g/mol. The Balaban J connectivity index is 2.05. The number of aromatic nitrogens is 2. The molecule has 0 bridgehead atoms. The quantitative estimate of drug-likeness (QED) is 0.704. The van der Waals surface area contributed by atoms with Gasteiger partial charge in [0.15, 0.2) is 0 Å². The lowest BCUT2D eigenvalue weighted by molar-refractivity contribution is -0.127. The molecule has 1 saturated heterocycles. The van der Waals surface area contributed by atoms with Crippen LogP contribution in [0.2, 0.25) is 5.15 Å². The van der Waals surface area contributed by atoms with Gasteiger partial charge in [0.05, 0.1) is 11.8 Å². The Morgan fingerprint density at radius 3 is 2.88 bits per heavy atom. The van der Waals surface area contributed by atoms with E-state index in [0.717, 1.165) is 37.3 Å². The number of hydrogen-bond donors (Lipinski definition) is 0. The van der Waals surface area contributed by atoms with Crippen molar-refractivity contribution in [2.75, 3.05) is 19.7 Å². The van der Waals surface area contributed by atoms with Gasteiger partial charge in [-0.25, -0.2) is 0 Å². The van der Waals surface area contributed by atoms with Crippen molar-refractivity contribution in [3.8, 4) is 0 Å². The fraction of sp³-hybridized carbons (Fsp3) is 0.667. The zero-order valence-electron chi connectivity index (χ0n) is 15.1. The topological polar surface area (TPSA) is 47.4 Å². The Labute approximate surface area is 149 Å². The third-order valence-corrected chi connectivity index (χ3v) is 4.58. The van der Waals surface area contributed by atoms with Crippen molar-refractivity contribution in [1.29, 1.82) is 0 Å². The molecule has 1 fully saturated rings. The number of nitrogens with zero attached hydrogens (tertiary/aromatic N) is 3. The van der Waals surface area contributed by atoms with Crippen LogP contribution in [0.15, 0.2) is 6.08 Å². The first kappa shape index (κ1) is 19.0. The molecule has 0 aliphatic carbocycles. The SMILES string of the molecule is CCN(CC1CCCO1)C(=O)/C=C/c1c(C)nn(CC(C)C)c1Cl. The van der Waals surface area contributed by atoms with Gasteiger partial charge in [0.2, 0.25) is 5.91 Å². The highest BCUT2D eigenvalue weighted by Crippen LogP contribution is 2.22. The van der Waals surface area contributed by atoms with Crippen LogP contribution in [0.4, 0.5) is 0 Å². The Bertz CT molecular complexity index is 589. The molecule has 5 nitrogen and oxygen atoms in total. The zero-order valence-corrected chi connectivity index (χ0v) is 15.8. The van der Waals surface area contributed by atoms with E-state index in [1.807, 2.05) is 18.7 Å². The number of hydrogen-bond acceptors (Lipinski definition) is 3. The lowest BCUT2D eigenvalue weighted by atomic mass is 10.2. The summed E-state index contributed by atoms with van der Waals surface area (Å²) in [7, 11) is 0. The molecule has 1 aliphatic heterocycles. The average molecular weight is 354 g/mol. The molecule has 0 radical (unpaired) electrons. The highest BCUT2D eigenvalue weighted by molar-refractivity contribution is 6.31. The van der Waals surface area contributed by atoms with Gasteiger partial charge in [-0.2, -0.15) is 5.10 Å². The predicted molar refractivity (Wildman–Crippen MR) is 97.1 cm³/mol. The molecule has 1 amide bonds. The van der Waals surface area contributed by atoms with Crippen molar-refractivity contribution in [2.45, 2.75) is 53.2 Å². The van der Waals surface area contributed by atoms with Crippen LogP contribution in [-0.2, 0) is 16.1 Å². The Morgan fingerprint density at radius 1 is 1.54 bits per heavy atom. The summed E-state index contributed by atoms with van der Waals surface area (Å²) in [6, 6.07) is 0. The zero-order chi connectivity index (χ0) is 17.7. The highest BCUT2D eigenvalue weighted by atomic mass is 35.5. The number of halogens is 1. The molecule has 0 saturated carbocycles. The van der Waals surface area contributed by atoms with E-state index in [1.54, 1.807) is 16.8 Å². The number of ether oxygens (including phenoxy) is 1. The molecule has 0 spiro atoms. The van der Waals surface area contributed by atoms with Gasteiger partial charge in [0, 0.05) is 37.9 Å². The van der Waals surface area contributed by atoms with E-state index >= 15 is 0 Å². The molecule has 1 atom stereocenters. The van der Waals surface area contributed by atoms with Crippen LogP contribution in [0.1, 0.15) is 44.9 Å². The van der Waals surface area contributed by atoms with Crippen LogP contribution >= 0.6 is 11.6 Å². The van der Waals surface area contributed by atoms with E-state index in [9.17, 15) is 4.79 Å². The number of carbonyl (C=O) groups excluding carboxylic acids is 1. The number of rotatable bonds is 7. The Kier molecular flexibility index (Phi) is 6.87. The Hall–Kier alpha value is -1.33. The van der Waals surface area contributed by atoms with Crippen molar-refractivity contribution in [2.24, 2.45) is 5.92 Å². The van der Waals surface area contributed by atoms with Gasteiger partial charge in [-0.15, -0.1) is 0 Å². The molecular formula is C18H28ClN3O2. The van der Waals surface area contributed by atoms with Crippen LogP contribution in [0.3, 0.4) is 0 Å². The van der Waals surface area contributed by atoms with Crippen molar-refractivity contribution in [3.05, 3.63) is 22.5 Å². The maximum Gasteiger partial charge on any atom is 0.246 e. The summed E-state index contributed by atoms with van der Waals surface area (Å²) >= 11 is 6.41. The predicted octanol–water partition coefficient (Wildman–Crippen LogP) is 3.54. The summed E-state index contributed by atoms with van der Waals surface area (Å²) in [4.78, 5) is 14.3. The Morgan fingerprint density at radius 2 is 2.29 bits per heavy atom. The minimum absolute atomic E-state index is 0.0138. The molecule has 0 aromatic carbocycles. The molecule has 2 rings (SSSR count). The van der Waals surface area contributed by atoms with Gasteiger partial charge < -0.3 is 9.64 Å². The fourth-order valence-electron chi connectivity index (χ4n) is 2.89. The number of likely N-dealkylation sites (N-methyl/N-ethyl adjacent to an activating group) is 1. The number of amides is 1. The van der Waals surface area contributed by atoms with Gasteiger partial charge in [0.25, 0.3) is 0 Å². The van der Waals surface area contributed by atoms with Crippen molar-refractivity contribution < 1.29 is 9.53 Å². The van der Waals surface area contributed by atoms with E-state index in [0.29, 0.717) is 24.2 Å². The molecule has 1 aliphatic rings. The van der Waals surface area contributed by atoms with Crippen molar-refractivity contribution in [3.63, 3.8) is 0 Å². The summed E-state index contributed by atoms with van der Waals surface area (Å²) in [5, 5.41) is 5.06. The van der Waals surface area contributed by atoms with E-state index in [4.69, 9.17) is 16.3 Å². The second-order valence-corrected chi connectivity index (χ2v) is 7.07. The minimum atomic E-state index is -0.0138. The molecule has 1 aromatic heterocycles. The van der Waals surface area contributed by atoms with Gasteiger partial charge >= 0.3 is 0 Å². The number of carbonyl (C=O) groups is 1. The molecule has 1 unspecified atom stereocenters. The third kappa shape index (κ3) is 4.84. The summed E-state index contributed by atoms with van der Waals surface area (Å²) in [6.07, 6.45) is 5.65. The molecule has 24 heavy (non-hydrogen) atoms. The summed E-state index contributed by atoms with van der Waals surface area (Å²) in [5.74, 6) is 0.447. The van der Waals surface area contributed by atoms with Crippen LogP contribution in [0.5, 0.6) is 0 Å². The monoisotopic (exact) mass is 353 g/mol. The molecule has 134 valence electrons. The summed E-state index contributed by atoms with van der Waals surface area (Å²) < 4.78 is 7.43. The van der Waals surface area contributed by atoms with E-state index < -0.39 is 0 Å². The van der Waals surface area contributed by atoms with Crippen LogP contribution in [0.25, 0.3) is 6.08 Å². The first-order chi connectivity index (χ1) is 11.4. The average Bonchev–Trinajstić information content (AvgIpc) is 3.12. The highest BCUT2D eigenvalue weighted by Gasteiger charge is 2.20. The molecule has 6 heteroatoms. The molecule has 1 aromatic rings. The summed E-state index contributed by atoms with van der Waals surface area (Å²) in [5.41, 5.74) is 1.66.